The summed E-state index contributed by atoms with van der Waals surface area (Å²) in [5.74, 6) is 0.807. The Morgan fingerprint density at radius 2 is 1.81 bits per heavy atom. The predicted molar refractivity (Wildman–Crippen MR) is 104 cm³/mol. The van der Waals surface area contributed by atoms with Crippen molar-refractivity contribution in [1.82, 2.24) is 14.4 Å². The number of halogens is 1. The number of hydrogen-bond acceptors (Lipinski definition) is 5. The van der Waals surface area contributed by atoms with E-state index < -0.39 is 16.1 Å². The zero-order valence-electron chi connectivity index (χ0n) is 14.7. The maximum atomic E-state index is 13.1. The van der Waals surface area contributed by atoms with Crippen LogP contribution in [0, 0.1) is 6.92 Å². The molecule has 1 aliphatic heterocycles. The van der Waals surface area contributed by atoms with Gasteiger partial charge in [-0.2, -0.15) is 9.29 Å². The van der Waals surface area contributed by atoms with Crippen molar-refractivity contribution < 1.29 is 12.9 Å². The molecule has 0 spiro atoms. The van der Waals surface area contributed by atoms with Crippen LogP contribution in [-0.4, -0.2) is 29.4 Å². The lowest BCUT2D eigenvalue weighted by molar-refractivity contribution is 0.290. The summed E-state index contributed by atoms with van der Waals surface area (Å²) in [6.45, 7) is 2.44. The molecule has 6 nitrogen and oxygen atoms in total. The Kier molecular flexibility index (Phi) is 4.88. The van der Waals surface area contributed by atoms with E-state index in [2.05, 4.69) is 26.1 Å². The first-order chi connectivity index (χ1) is 12.9. The summed E-state index contributed by atoms with van der Waals surface area (Å²) in [5, 5.41) is 4.05. The van der Waals surface area contributed by atoms with Gasteiger partial charge < -0.3 is 4.52 Å². The first-order valence-corrected chi connectivity index (χ1v) is 10.9. The Balaban J connectivity index is 1.64. The molecule has 140 valence electrons. The second-order valence-electron chi connectivity index (χ2n) is 6.55. The molecular weight excluding hydrogens is 430 g/mol. The Bertz CT molecular complexity index is 1050. The molecule has 2 heterocycles. The van der Waals surface area contributed by atoms with Crippen LogP contribution in [-0.2, 0) is 10.0 Å². The Morgan fingerprint density at radius 3 is 2.52 bits per heavy atom. The van der Waals surface area contributed by atoms with Crippen molar-refractivity contribution in [2.45, 2.75) is 30.7 Å². The molecule has 8 heteroatoms. The van der Waals surface area contributed by atoms with Crippen LogP contribution in [0.5, 0.6) is 0 Å². The van der Waals surface area contributed by atoms with Gasteiger partial charge in [-0.05, 0) is 44.0 Å². The molecule has 0 unspecified atom stereocenters. The molecule has 0 aliphatic carbocycles. The fraction of sp³-hybridized carbons (Fsp3) is 0.263. The highest BCUT2D eigenvalue weighted by atomic mass is 79.9. The summed E-state index contributed by atoms with van der Waals surface area (Å²) in [5.41, 5.74) is 1.99. The smallest absolute Gasteiger partial charge is 0.245 e. The van der Waals surface area contributed by atoms with Gasteiger partial charge in [0.1, 0.15) is 6.04 Å². The number of rotatable bonds is 4. The quantitative estimate of drug-likeness (QED) is 0.594. The zero-order chi connectivity index (χ0) is 19.0. The fourth-order valence-corrected chi connectivity index (χ4v) is 5.12. The Labute approximate surface area is 166 Å². The van der Waals surface area contributed by atoms with Crippen LogP contribution in [0.2, 0.25) is 0 Å². The van der Waals surface area contributed by atoms with Crippen molar-refractivity contribution in [3.05, 3.63) is 64.5 Å². The van der Waals surface area contributed by atoms with E-state index in [0.717, 1.165) is 22.0 Å². The highest BCUT2D eigenvalue weighted by Crippen LogP contribution is 2.36. The molecule has 0 saturated carbocycles. The average molecular weight is 448 g/mol. The van der Waals surface area contributed by atoms with Crippen LogP contribution in [0.3, 0.4) is 0 Å². The number of benzene rings is 2. The standard InChI is InChI=1S/C19H18BrN3O3S/c1-13-4-6-14(7-5-13)18-21-19(26-22-18)17-3-2-12-23(17)27(24,25)16-10-8-15(20)9-11-16/h4-11,17H,2-3,12H2,1H3/t17-/m0/s1. The molecule has 0 N–H and O–H groups in total. The molecule has 1 saturated heterocycles. The van der Waals surface area contributed by atoms with Gasteiger partial charge in [-0.1, -0.05) is 50.9 Å². The van der Waals surface area contributed by atoms with E-state index >= 15 is 0 Å². The maximum Gasteiger partial charge on any atom is 0.245 e. The third-order valence-corrected chi connectivity index (χ3v) is 7.11. The molecule has 4 rings (SSSR count). The second kappa shape index (κ2) is 7.18. The molecule has 1 aliphatic rings. The lowest BCUT2D eigenvalue weighted by atomic mass is 10.1. The van der Waals surface area contributed by atoms with Gasteiger partial charge in [-0.15, -0.1) is 0 Å². The van der Waals surface area contributed by atoms with Gasteiger partial charge in [-0.25, -0.2) is 8.42 Å². The van der Waals surface area contributed by atoms with Gasteiger partial charge in [0.25, 0.3) is 0 Å². The highest BCUT2D eigenvalue weighted by Gasteiger charge is 2.39. The van der Waals surface area contributed by atoms with E-state index in [9.17, 15) is 8.42 Å². The number of nitrogens with zero attached hydrogens (tertiary/aromatic N) is 3. The number of aryl methyl sites for hydroxylation is 1. The first kappa shape index (κ1) is 18.3. The molecule has 0 bridgehead atoms. The van der Waals surface area contributed by atoms with E-state index in [-0.39, 0.29) is 4.90 Å². The molecular formula is C19H18BrN3O3S. The van der Waals surface area contributed by atoms with Gasteiger partial charge in [0.05, 0.1) is 4.90 Å². The lowest BCUT2D eigenvalue weighted by Gasteiger charge is -2.21. The van der Waals surface area contributed by atoms with Gasteiger partial charge in [0.15, 0.2) is 0 Å². The van der Waals surface area contributed by atoms with Crippen LogP contribution in [0.4, 0.5) is 0 Å². The summed E-state index contributed by atoms with van der Waals surface area (Å²) in [4.78, 5) is 4.73. The summed E-state index contributed by atoms with van der Waals surface area (Å²) < 4.78 is 33.9. The summed E-state index contributed by atoms with van der Waals surface area (Å²) in [6.07, 6.45) is 1.41. The SMILES string of the molecule is Cc1ccc(-c2noc([C@@H]3CCCN3S(=O)(=O)c3ccc(Br)cc3)n2)cc1. The normalized spacial score (nSPS) is 18.1. The fourth-order valence-electron chi connectivity index (χ4n) is 3.21. The molecule has 0 radical (unpaired) electrons. The minimum atomic E-state index is -3.63. The van der Waals surface area contributed by atoms with E-state index in [1.807, 2.05) is 31.2 Å². The van der Waals surface area contributed by atoms with E-state index in [0.29, 0.717) is 24.7 Å². The van der Waals surface area contributed by atoms with Gasteiger partial charge in [0, 0.05) is 16.6 Å². The van der Waals surface area contributed by atoms with Crippen LogP contribution < -0.4 is 0 Å². The number of sulfonamides is 1. The molecule has 27 heavy (non-hydrogen) atoms. The predicted octanol–water partition coefficient (Wildman–Crippen LogP) is 4.33. The average Bonchev–Trinajstić information content (AvgIpc) is 3.32. The minimum Gasteiger partial charge on any atom is -0.337 e. The van der Waals surface area contributed by atoms with Crippen LogP contribution in [0.1, 0.15) is 30.3 Å². The summed E-state index contributed by atoms with van der Waals surface area (Å²) in [6, 6.07) is 14.0. The zero-order valence-corrected chi connectivity index (χ0v) is 17.1. The van der Waals surface area contributed by atoms with Crippen molar-refractivity contribution in [1.29, 1.82) is 0 Å². The minimum absolute atomic E-state index is 0.260. The maximum absolute atomic E-state index is 13.1. The second-order valence-corrected chi connectivity index (χ2v) is 9.36. The largest absolute Gasteiger partial charge is 0.337 e. The third kappa shape index (κ3) is 3.56. The molecule has 1 atom stereocenters. The van der Waals surface area contributed by atoms with Crippen LogP contribution in [0.25, 0.3) is 11.4 Å². The lowest BCUT2D eigenvalue weighted by Crippen LogP contribution is -2.30. The molecule has 1 aromatic heterocycles. The van der Waals surface area contributed by atoms with Gasteiger partial charge in [-0.3, -0.25) is 0 Å². The van der Waals surface area contributed by atoms with Crippen molar-refractivity contribution >= 4 is 26.0 Å². The van der Waals surface area contributed by atoms with Crippen molar-refractivity contribution in [2.24, 2.45) is 0 Å². The van der Waals surface area contributed by atoms with E-state index in [4.69, 9.17) is 4.52 Å². The monoisotopic (exact) mass is 447 g/mol. The van der Waals surface area contributed by atoms with Crippen LogP contribution in [0.15, 0.2) is 62.4 Å². The van der Waals surface area contributed by atoms with E-state index in [1.165, 1.54) is 4.31 Å². The van der Waals surface area contributed by atoms with Crippen LogP contribution >= 0.6 is 15.9 Å². The number of aromatic nitrogens is 2. The van der Waals surface area contributed by atoms with Gasteiger partial charge in [0.2, 0.25) is 21.7 Å². The summed E-state index contributed by atoms with van der Waals surface area (Å²) in [7, 11) is -3.63. The molecule has 0 amide bonds. The van der Waals surface area contributed by atoms with Crippen molar-refractivity contribution in [3.63, 3.8) is 0 Å². The molecule has 1 fully saturated rings. The summed E-state index contributed by atoms with van der Waals surface area (Å²) >= 11 is 3.33. The molecule has 2 aromatic carbocycles. The Hall–Kier alpha value is -2.03. The highest BCUT2D eigenvalue weighted by molar-refractivity contribution is 9.10. The number of hydrogen-bond donors (Lipinski definition) is 0. The Morgan fingerprint density at radius 1 is 1.11 bits per heavy atom. The third-order valence-electron chi connectivity index (χ3n) is 4.66. The van der Waals surface area contributed by atoms with Crippen molar-refractivity contribution in [3.8, 4) is 11.4 Å². The van der Waals surface area contributed by atoms with Crippen molar-refractivity contribution in [2.75, 3.05) is 6.54 Å². The topological polar surface area (TPSA) is 76.3 Å². The first-order valence-electron chi connectivity index (χ1n) is 8.63. The van der Waals surface area contributed by atoms with E-state index in [1.54, 1.807) is 24.3 Å². The van der Waals surface area contributed by atoms with Gasteiger partial charge >= 0.3 is 0 Å². The molecule has 3 aromatic rings.